The molecule has 1 aromatic heterocycles. The van der Waals surface area contributed by atoms with Gasteiger partial charge in [-0.3, -0.25) is 9.59 Å². The molecule has 0 fully saturated rings. The van der Waals surface area contributed by atoms with Crippen molar-refractivity contribution in [1.29, 1.82) is 0 Å². The summed E-state index contributed by atoms with van der Waals surface area (Å²) < 4.78 is 36.7. The second-order valence-electron chi connectivity index (χ2n) is 7.07. The summed E-state index contributed by atoms with van der Waals surface area (Å²) in [5.41, 5.74) is 0.962. The fraction of sp³-hybridized carbons (Fsp3) is 0.217. The van der Waals surface area contributed by atoms with Gasteiger partial charge in [-0.05, 0) is 60.5 Å². The average Bonchev–Trinajstić information content (AvgIpc) is 3.34. The Kier molecular flexibility index (Phi) is 8.13. The maximum Gasteiger partial charge on any atom is 0.309 e. The van der Waals surface area contributed by atoms with Crippen molar-refractivity contribution in [2.24, 2.45) is 0 Å². The number of nitrogens with one attached hydrogen (secondary N) is 2. The van der Waals surface area contributed by atoms with E-state index in [4.69, 9.17) is 20.8 Å². The zero-order valence-corrected chi connectivity index (χ0v) is 19.4. The molecule has 0 saturated heterocycles. The summed E-state index contributed by atoms with van der Waals surface area (Å²) in [6.07, 6.45) is 1.86. The first-order valence-electron chi connectivity index (χ1n) is 10.0. The molecule has 1 unspecified atom stereocenters. The standard InChI is InChI=1S/C23H23ClN2O6S/c1-31-18-8-4-16(5-9-18)12-13-25-22(27)23(28)26-15-21(20-3-2-14-32-20)33(29,30)19-10-6-17(24)7-11-19/h2-11,14,21H,12-13,15H2,1H3,(H,25,27)(H,26,28). The van der Waals surface area contributed by atoms with E-state index in [0.29, 0.717) is 11.4 Å². The molecule has 10 heteroatoms. The SMILES string of the molecule is COc1ccc(CCNC(=O)C(=O)NCC(c2ccco2)S(=O)(=O)c2ccc(Cl)cc2)cc1. The molecule has 0 aliphatic carbocycles. The minimum atomic E-state index is -3.93. The number of carbonyl (C=O) groups excluding carboxylic acids is 2. The Morgan fingerprint density at radius 2 is 1.67 bits per heavy atom. The smallest absolute Gasteiger partial charge is 0.309 e. The predicted molar refractivity (Wildman–Crippen MR) is 123 cm³/mol. The number of ether oxygens (including phenoxy) is 1. The van der Waals surface area contributed by atoms with E-state index in [1.807, 2.05) is 12.1 Å². The maximum atomic E-state index is 13.1. The third-order valence-electron chi connectivity index (χ3n) is 4.89. The predicted octanol–water partition coefficient (Wildman–Crippen LogP) is 2.93. The van der Waals surface area contributed by atoms with Crippen molar-refractivity contribution in [3.8, 4) is 5.75 Å². The van der Waals surface area contributed by atoms with Crippen LogP contribution in [-0.4, -0.2) is 40.4 Å². The molecule has 1 heterocycles. The minimum Gasteiger partial charge on any atom is -0.497 e. The zero-order chi connectivity index (χ0) is 23.8. The van der Waals surface area contributed by atoms with Gasteiger partial charge in [0.05, 0.1) is 18.3 Å². The molecule has 0 aliphatic heterocycles. The van der Waals surface area contributed by atoms with Gasteiger partial charge in [-0.25, -0.2) is 8.42 Å². The largest absolute Gasteiger partial charge is 0.497 e. The van der Waals surface area contributed by atoms with Crippen molar-refractivity contribution in [2.75, 3.05) is 20.2 Å². The molecule has 3 rings (SSSR count). The quantitative estimate of drug-likeness (QED) is 0.446. The van der Waals surface area contributed by atoms with Crippen LogP contribution >= 0.6 is 11.6 Å². The van der Waals surface area contributed by atoms with Crippen LogP contribution in [0.15, 0.2) is 76.2 Å². The molecular weight excluding hydrogens is 468 g/mol. The van der Waals surface area contributed by atoms with Crippen LogP contribution in [0.5, 0.6) is 5.75 Å². The first-order valence-corrected chi connectivity index (χ1v) is 12.0. The summed E-state index contributed by atoms with van der Waals surface area (Å²) in [5.74, 6) is -0.926. The number of furan rings is 1. The number of amides is 2. The molecule has 2 N–H and O–H groups in total. The molecule has 0 saturated carbocycles. The van der Waals surface area contributed by atoms with Crippen LogP contribution in [0.25, 0.3) is 0 Å². The lowest BCUT2D eigenvalue weighted by molar-refractivity contribution is -0.139. The van der Waals surface area contributed by atoms with Gasteiger partial charge in [0.2, 0.25) is 0 Å². The Balaban J connectivity index is 1.60. The van der Waals surface area contributed by atoms with Crippen LogP contribution in [0.4, 0.5) is 0 Å². The van der Waals surface area contributed by atoms with Gasteiger partial charge >= 0.3 is 11.8 Å². The van der Waals surface area contributed by atoms with Gasteiger partial charge in [0.15, 0.2) is 9.84 Å². The highest BCUT2D eigenvalue weighted by atomic mass is 35.5. The summed E-state index contributed by atoms with van der Waals surface area (Å²) in [5, 5.41) is 4.09. The molecule has 0 bridgehead atoms. The van der Waals surface area contributed by atoms with Gasteiger partial charge in [-0.1, -0.05) is 23.7 Å². The van der Waals surface area contributed by atoms with Crippen molar-refractivity contribution in [1.82, 2.24) is 10.6 Å². The first-order chi connectivity index (χ1) is 15.8. The summed E-state index contributed by atoms with van der Waals surface area (Å²) in [7, 11) is -2.36. The number of hydrogen-bond donors (Lipinski definition) is 2. The first kappa shape index (κ1) is 24.3. The van der Waals surface area contributed by atoms with E-state index in [9.17, 15) is 18.0 Å². The highest BCUT2D eigenvalue weighted by molar-refractivity contribution is 7.91. The molecule has 0 radical (unpaired) electrons. The monoisotopic (exact) mass is 490 g/mol. The topological polar surface area (TPSA) is 115 Å². The fourth-order valence-corrected chi connectivity index (χ4v) is 4.80. The number of rotatable bonds is 9. The highest BCUT2D eigenvalue weighted by Crippen LogP contribution is 2.29. The molecule has 2 aromatic carbocycles. The summed E-state index contributed by atoms with van der Waals surface area (Å²) in [6, 6.07) is 16.1. The second kappa shape index (κ2) is 11.0. The Morgan fingerprint density at radius 3 is 2.27 bits per heavy atom. The summed E-state index contributed by atoms with van der Waals surface area (Å²) >= 11 is 5.85. The van der Waals surface area contributed by atoms with Gasteiger partial charge in [0.1, 0.15) is 16.8 Å². The molecule has 2 amide bonds. The van der Waals surface area contributed by atoms with E-state index in [1.165, 1.54) is 36.6 Å². The van der Waals surface area contributed by atoms with E-state index in [2.05, 4.69) is 10.6 Å². The van der Waals surface area contributed by atoms with Crippen LogP contribution in [0.1, 0.15) is 16.6 Å². The van der Waals surface area contributed by atoms with E-state index in [1.54, 1.807) is 25.3 Å². The lowest BCUT2D eigenvalue weighted by Crippen LogP contribution is -2.42. The Hall–Kier alpha value is -3.30. The lowest BCUT2D eigenvalue weighted by atomic mass is 10.1. The van der Waals surface area contributed by atoms with Crippen molar-refractivity contribution >= 4 is 33.3 Å². The lowest BCUT2D eigenvalue weighted by Gasteiger charge is -2.16. The van der Waals surface area contributed by atoms with Crippen LogP contribution < -0.4 is 15.4 Å². The van der Waals surface area contributed by atoms with E-state index in [-0.39, 0.29) is 23.7 Å². The summed E-state index contributed by atoms with van der Waals surface area (Å²) in [4.78, 5) is 24.4. The summed E-state index contributed by atoms with van der Waals surface area (Å²) in [6.45, 7) is -0.105. The van der Waals surface area contributed by atoms with Crippen LogP contribution in [0.2, 0.25) is 5.02 Å². The van der Waals surface area contributed by atoms with Crippen LogP contribution in [0.3, 0.4) is 0 Å². The second-order valence-corrected chi connectivity index (χ2v) is 9.63. The Morgan fingerprint density at radius 1 is 1.00 bits per heavy atom. The molecule has 0 aliphatic rings. The minimum absolute atomic E-state index is 0.0199. The zero-order valence-electron chi connectivity index (χ0n) is 17.8. The maximum absolute atomic E-state index is 13.1. The van der Waals surface area contributed by atoms with Crippen molar-refractivity contribution in [3.63, 3.8) is 0 Å². The third kappa shape index (κ3) is 6.36. The van der Waals surface area contributed by atoms with Gasteiger partial charge in [0, 0.05) is 18.1 Å². The number of sulfone groups is 1. The number of halogens is 1. The van der Waals surface area contributed by atoms with Gasteiger partial charge in [0.25, 0.3) is 0 Å². The van der Waals surface area contributed by atoms with Crippen LogP contribution in [-0.2, 0) is 25.8 Å². The normalized spacial score (nSPS) is 12.1. The number of benzene rings is 2. The number of methoxy groups -OCH3 is 1. The third-order valence-corrected chi connectivity index (χ3v) is 7.22. The molecule has 3 aromatic rings. The van der Waals surface area contributed by atoms with E-state index < -0.39 is 26.9 Å². The molecular formula is C23H23ClN2O6S. The average molecular weight is 491 g/mol. The number of carbonyl (C=O) groups is 2. The van der Waals surface area contributed by atoms with Crippen LogP contribution in [0, 0.1) is 0 Å². The molecule has 174 valence electrons. The fourth-order valence-electron chi connectivity index (χ4n) is 3.08. The van der Waals surface area contributed by atoms with E-state index >= 15 is 0 Å². The molecule has 1 atom stereocenters. The van der Waals surface area contributed by atoms with Gasteiger partial charge in [-0.15, -0.1) is 0 Å². The highest BCUT2D eigenvalue weighted by Gasteiger charge is 2.32. The van der Waals surface area contributed by atoms with Crippen molar-refractivity contribution in [3.05, 3.63) is 83.3 Å². The Labute approximate surface area is 196 Å². The Bertz CT molecular complexity index is 1180. The van der Waals surface area contributed by atoms with Crippen molar-refractivity contribution < 1.29 is 27.2 Å². The van der Waals surface area contributed by atoms with Gasteiger partial charge in [-0.2, -0.15) is 0 Å². The molecule has 8 nitrogen and oxygen atoms in total. The van der Waals surface area contributed by atoms with E-state index in [0.717, 1.165) is 11.3 Å². The van der Waals surface area contributed by atoms with Crippen molar-refractivity contribution in [2.45, 2.75) is 16.6 Å². The van der Waals surface area contributed by atoms with Gasteiger partial charge < -0.3 is 19.8 Å². The molecule has 33 heavy (non-hydrogen) atoms. The molecule has 0 spiro atoms. The number of hydrogen-bond acceptors (Lipinski definition) is 6.